The van der Waals surface area contributed by atoms with Gasteiger partial charge in [0.25, 0.3) is 0 Å². The number of thioether (sulfide) groups is 1. The first-order valence-corrected chi connectivity index (χ1v) is 7.34. The monoisotopic (exact) mass is 239 g/mol. The Kier molecular flexibility index (Phi) is 4.16. The van der Waals surface area contributed by atoms with Gasteiger partial charge in [-0.25, -0.2) is 4.98 Å². The lowest BCUT2D eigenvalue weighted by Crippen LogP contribution is -2.17. The van der Waals surface area contributed by atoms with Gasteiger partial charge in [-0.3, -0.25) is 0 Å². The van der Waals surface area contributed by atoms with E-state index in [1.807, 2.05) is 0 Å². The minimum absolute atomic E-state index is 0.654. The van der Waals surface area contributed by atoms with Gasteiger partial charge in [-0.05, 0) is 37.7 Å². The van der Waals surface area contributed by atoms with Crippen molar-refractivity contribution in [1.29, 1.82) is 0 Å². The van der Waals surface area contributed by atoms with E-state index in [0.29, 0.717) is 6.04 Å². The van der Waals surface area contributed by atoms with Crippen LogP contribution in [0.1, 0.15) is 37.9 Å². The number of nitrogens with zero attached hydrogens (tertiary/aromatic N) is 2. The van der Waals surface area contributed by atoms with Gasteiger partial charge in [0, 0.05) is 18.8 Å². The quantitative estimate of drug-likeness (QED) is 0.875. The number of aryl methyl sites for hydroxylation is 1. The fraction of sp³-hybridized carbons (Fsp3) is 0.750. The second kappa shape index (κ2) is 5.62. The van der Waals surface area contributed by atoms with Crippen LogP contribution in [0.15, 0.2) is 6.20 Å². The summed E-state index contributed by atoms with van der Waals surface area (Å²) in [6.45, 7) is 5.27. The summed E-state index contributed by atoms with van der Waals surface area (Å²) in [6.07, 6.45) is 5.90. The van der Waals surface area contributed by atoms with Crippen LogP contribution in [0.25, 0.3) is 0 Å². The molecule has 16 heavy (non-hydrogen) atoms. The number of imidazole rings is 1. The van der Waals surface area contributed by atoms with E-state index >= 15 is 0 Å². The molecule has 1 saturated heterocycles. The third kappa shape index (κ3) is 2.73. The summed E-state index contributed by atoms with van der Waals surface area (Å²) in [7, 11) is 0. The topological polar surface area (TPSA) is 29.9 Å². The maximum absolute atomic E-state index is 4.57. The first-order valence-electron chi connectivity index (χ1n) is 6.18. The number of hydrogen-bond acceptors (Lipinski definition) is 3. The van der Waals surface area contributed by atoms with Gasteiger partial charge in [-0.2, -0.15) is 11.8 Å². The SMILES string of the molecule is CCCNc1nc(C)cn1C1CCSCC1. The molecule has 0 atom stereocenters. The average Bonchev–Trinajstić information content (AvgIpc) is 2.69. The Labute approximate surface area is 102 Å². The molecule has 1 aliphatic rings. The molecule has 4 heteroatoms. The lowest BCUT2D eigenvalue weighted by molar-refractivity contribution is 0.473. The smallest absolute Gasteiger partial charge is 0.203 e. The molecular formula is C12H21N3S. The van der Waals surface area contributed by atoms with E-state index in [2.05, 4.69) is 46.7 Å². The molecule has 2 rings (SSSR count). The molecule has 0 saturated carbocycles. The molecule has 1 N–H and O–H groups in total. The molecule has 0 aliphatic carbocycles. The Bertz CT molecular complexity index is 329. The molecule has 1 aliphatic heterocycles. The molecule has 0 bridgehead atoms. The summed E-state index contributed by atoms with van der Waals surface area (Å²) < 4.78 is 2.35. The van der Waals surface area contributed by atoms with E-state index in [-0.39, 0.29) is 0 Å². The van der Waals surface area contributed by atoms with Gasteiger partial charge in [0.2, 0.25) is 5.95 Å². The van der Waals surface area contributed by atoms with Crippen LogP contribution in [0.3, 0.4) is 0 Å². The summed E-state index contributed by atoms with van der Waals surface area (Å²) in [6, 6.07) is 0.654. The number of rotatable bonds is 4. The van der Waals surface area contributed by atoms with Crippen LogP contribution in [0.2, 0.25) is 0 Å². The van der Waals surface area contributed by atoms with Gasteiger partial charge in [0.05, 0.1) is 5.69 Å². The first kappa shape index (κ1) is 11.8. The molecular weight excluding hydrogens is 218 g/mol. The van der Waals surface area contributed by atoms with E-state index in [9.17, 15) is 0 Å². The van der Waals surface area contributed by atoms with Gasteiger partial charge in [0.15, 0.2) is 0 Å². The molecule has 1 aromatic rings. The Morgan fingerprint density at radius 3 is 2.94 bits per heavy atom. The van der Waals surface area contributed by atoms with Gasteiger partial charge >= 0.3 is 0 Å². The number of anilines is 1. The van der Waals surface area contributed by atoms with E-state index in [4.69, 9.17) is 0 Å². The molecule has 0 amide bonds. The van der Waals surface area contributed by atoms with E-state index in [0.717, 1.165) is 24.6 Å². The van der Waals surface area contributed by atoms with Crippen LogP contribution in [0, 0.1) is 6.92 Å². The molecule has 1 fully saturated rings. The van der Waals surface area contributed by atoms with E-state index in [1.165, 1.54) is 24.3 Å². The molecule has 2 heterocycles. The zero-order valence-corrected chi connectivity index (χ0v) is 11.0. The van der Waals surface area contributed by atoms with Crippen molar-refractivity contribution in [3.05, 3.63) is 11.9 Å². The maximum Gasteiger partial charge on any atom is 0.203 e. The third-order valence-electron chi connectivity index (χ3n) is 2.97. The lowest BCUT2D eigenvalue weighted by Gasteiger charge is -2.24. The molecule has 0 radical (unpaired) electrons. The van der Waals surface area contributed by atoms with Crippen LogP contribution in [-0.2, 0) is 0 Å². The van der Waals surface area contributed by atoms with Crippen LogP contribution >= 0.6 is 11.8 Å². The standard InChI is InChI=1S/C12H21N3S/c1-3-6-13-12-14-10(2)9-15(12)11-4-7-16-8-5-11/h9,11H,3-8H2,1-2H3,(H,13,14). The van der Waals surface area contributed by atoms with Crippen molar-refractivity contribution < 1.29 is 0 Å². The van der Waals surface area contributed by atoms with Crippen molar-refractivity contribution in [1.82, 2.24) is 9.55 Å². The fourth-order valence-electron chi connectivity index (χ4n) is 2.13. The van der Waals surface area contributed by atoms with Crippen molar-refractivity contribution in [3.63, 3.8) is 0 Å². The second-order valence-electron chi connectivity index (χ2n) is 4.38. The predicted octanol–water partition coefficient (Wildman–Crippen LogP) is 3.08. The van der Waals surface area contributed by atoms with Crippen LogP contribution in [0.5, 0.6) is 0 Å². The highest BCUT2D eigenvalue weighted by Gasteiger charge is 2.18. The molecule has 0 unspecified atom stereocenters. The molecule has 0 aromatic carbocycles. The second-order valence-corrected chi connectivity index (χ2v) is 5.61. The molecule has 90 valence electrons. The van der Waals surface area contributed by atoms with Gasteiger partial charge in [-0.1, -0.05) is 6.92 Å². The summed E-state index contributed by atoms with van der Waals surface area (Å²) in [5.74, 6) is 3.64. The summed E-state index contributed by atoms with van der Waals surface area (Å²) in [4.78, 5) is 4.57. The van der Waals surface area contributed by atoms with Crippen molar-refractivity contribution >= 4 is 17.7 Å². The molecule has 1 aromatic heterocycles. The van der Waals surface area contributed by atoms with Crippen molar-refractivity contribution in [2.75, 3.05) is 23.4 Å². The number of nitrogens with one attached hydrogen (secondary N) is 1. The summed E-state index contributed by atoms with van der Waals surface area (Å²) >= 11 is 2.07. The van der Waals surface area contributed by atoms with Crippen molar-refractivity contribution in [3.8, 4) is 0 Å². The highest BCUT2D eigenvalue weighted by atomic mass is 32.2. The zero-order chi connectivity index (χ0) is 11.4. The van der Waals surface area contributed by atoms with Gasteiger partial charge in [0.1, 0.15) is 0 Å². The minimum Gasteiger partial charge on any atom is -0.356 e. The highest BCUT2D eigenvalue weighted by Crippen LogP contribution is 2.29. The third-order valence-corrected chi connectivity index (χ3v) is 4.02. The largest absolute Gasteiger partial charge is 0.356 e. The Morgan fingerprint density at radius 1 is 1.50 bits per heavy atom. The van der Waals surface area contributed by atoms with Crippen LogP contribution in [-0.4, -0.2) is 27.6 Å². The average molecular weight is 239 g/mol. The maximum atomic E-state index is 4.57. The van der Waals surface area contributed by atoms with Gasteiger partial charge < -0.3 is 9.88 Å². The Hall–Kier alpha value is -0.640. The highest BCUT2D eigenvalue weighted by molar-refractivity contribution is 7.99. The fourth-order valence-corrected chi connectivity index (χ4v) is 3.21. The normalized spacial score (nSPS) is 17.6. The lowest BCUT2D eigenvalue weighted by atomic mass is 10.1. The number of hydrogen-bond donors (Lipinski definition) is 1. The molecule has 0 spiro atoms. The van der Waals surface area contributed by atoms with Crippen LogP contribution in [0.4, 0.5) is 5.95 Å². The predicted molar refractivity (Wildman–Crippen MR) is 71.3 cm³/mol. The Morgan fingerprint density at radius 2 is 2.25 bits per heavy atom. The van der Waals surface area contributed by atoms with Crippen molar-refractivity contribution in [2.45, 2.75) is 39.2 Å². The Balaban J connectivity index is 2.10. The first-order chi connectivity index (χ1) is 7.81. The van der Waals surface area contributed by atoms with Gasteiger partial charge in [-0.15, -0.1) is 0 Å². The summed E-state index contributed by atoms with van der Waals surface area (Å²) in [5, 5.41) is 3.43. The zero-order valence-electron chi connectivity index (χ0n) is 10.2. The van der Waals surface area contributed by atoms with E-state index < -0.39 is 0 Å². The van der Waals surface area contributed by atoms with Crippen LogP contribution < -0.4 is 5.32 Å². The summed E-state index contributed by atoms with van der Waals surface area (Å²) in [5.41, 5.74) is 1.12. The van der Waals surface area contributed by atoms with Crippen molar-refractivity contribution in [2.24, 2.45) is 0 Å². The van der Waals surface area contributed by atoms with E-state index in [1.54, 1.807) is 0 Å². The minimum atomic E-state index is 0.654. The number of aromatic nitrogens is 2. The molecule has 3 nitrogen and oxygen atoms in total.